The highest BCUT2D eigenvalue weighted by Crippen LogP contribution is 2.39. The van der Waals surface area contributed by atoms with Crippen LogP contribution in [0.1, 0.15) is 141 Å². The molecule has 3 aliphatic rings. The maximum atomic E-state index is 12.2. The van der Waals surface area contributed by atoms with Crippen LogP contribution in [-0.4, -0.2) is 135 Å². The molecule has 5 rings (SSSR count). The lowest BCUT2D eigenvalue weighted by molar-refractivity contribution is -0.155. The summed E-state index contributed by atoms with van der Waals surface area (Å²) in [5.41, 5.74) is 0.879. The summed E-state index contributed by atoms with van der Waals surface area (Å²) in [5, 5.41) is 16.1. The van der Waals surface area contributed by atoms with Gasteiger partial charge in [0.25, 0.3) is 0 Å². The van der Waals surface area contributed by atoms with Gasteiger partial charge in [0.1, 0.15) is 33.8 Å². The number of rotatable bonds is 8. The molecule has 1 fully saturated rings. The van der Waals surface area contributed by atoms with Crippen molar-refractivity contribution < 1.29 is 56.9 Å². The summed E-state index contributed by atoms with van der Waals surface area (Å²) in [5.74, 6) is 0.193. The SMILES string of the molecule is CC(C)(C)OC(=O)N1CC=C(B2OC(C)(C)C(C)(C)O2)CC1.COc1cc(CC(=O)OC(C)(C)C)nnc1C1=CCN(C(=O)OC(C)(C)C)CC1.COc1cc(CC(=O)OC(C)(C)C)nnc1Cl. The van der Waals surface area contributed by atoms with Crippen molar-refractivity contribution in [2.24, 2.45) is 0 Å². The molecule has 2 aromatic rings. The highest BCUT2D eigenvalue weighted by Gasteiger charge is 2.52. The monoisotopic (exact) mass is 973 g/mol. The third kappa shape index (κ3) is 18.8. The molecule has 0 unspecified atom stereocenters. The number of carbonyl (C=O) groups is 4. The Labute approximate surface area is 408 Å². The minimum absolute atomic E-state index is 0.0202. The normalized spacial score (nSPS) is 17.0. The summed E-state index contributed by atoms with van der Waals surface area (Å²) in [6.45, 7) is 32.3. The van der Waals surface area contributed by atoms with Crippen LogP contribution in [0.25, 0.3) is 5.57 Å². The van der Waals surface area contributed by atoms with E-state index in [2.05, 4.69) is 20.4 Å². The number of aromatic nitrogens is 4. The molecule has 0 bridgehead atoms. The number of nitrogens with zero attached hydrogens (tertiary/aromatic N) is 6. The fourth-order valence-corrected chi connectivity index (χ4v) is 6.49. The molecule has 3 aliphatic heterocycles. The number of carbonyl (C=O) groups excluding carboxylic acids is 4. The summed E-state index contributed by atoms with van der Waals surface area (Å²) < 4.78 is 43.8. The van der Waals surface area contributed by atoms with Crippen molar-refractivity contribution >= 4 is 48.4 Å². The molecule has 1 saturated heterocycles. The number of esters is 2. The summed E-state index contributed by atoms with van der Waals surface area (Å²) in [7, 11) is 2.71. The Balaban J connectivity index is 0.000000280. The number of hydrogen-bond acceptors (Lipinski definition) is 16. The standard InChI is InChI=1S/C21H31N3O5.C16H28BNO4.C11H15ClN2O3/c1-20(2,3)28-17(25)13-15-12-16(27-7)18(23-22-15)14-8-10-24(11-9-14)19(26)29-21(4,5)6;1-14(2,3)20-13(19)18-10-8-12(9-11-18)17-21-15(4,5)16(6,7)22-17;1-11(2,3)17-9(15)6-7-5-8(16-4)10(12)14-13-7/h8,12H,9-11,13H2,1-7H3;8H,9-11H2,1-7H3;5H,6H2,1-4H3. The number of amides is 2. The molecule has 0 spiro atoms. The zero-order valence-electron chi connectivity index (χ0n) is 43.5. The number of ether oxygens (including phenoxy) is 6. The molecule has 0 atom stereocenters. The number of hydrogen-bond donors (Lipinski definition) is 0. The quantitative estimate of drug-likeness (QED) is 0.138. The molecule has 0 N–H and O–H groups in total. The van der Waals surface area contributed by atoms with Crippen molar-refractivity contribution in [2.75, 3.05) is 40.4 Å². The van der Waals surface area contributed by atoms with Crippen LogP contribution in [0.3, 0.4) is 0 Å². The lowest BCUT2D eigenvalue weighted by atomic mass is 9.75. The van der Waals surface area contributed by atoms with Crippen LogP contribution in [0.5, 0.6) is 11.5 Å². The first-order valence-corrected chi connectivity index (χ1v) is 23.1. The molecule has 68 heavy (non-hydrogen) atoms. The Bertz CT molecular complexity index is 2140. The molecule has 18 nitrogen and oxygen atoms in total. The lowest BCUT2D eigenvalue weighted by Crippen LogP contribution is -2.41. The van der Waals surface area contributed by atoms with Gasteiger partial charge < -0.3 is 47.5 Å². The maximum absolute atomic E-state index is 12.2. The average molecular weight is 973 g/mol. The first kappa shape index (κ1) is 57.3. The van der Waals surface area contributed by atoms with Gasteiger partial charge in [-0.15, -0.1) is 10.2 Å². The van der Waals surface area contributed by atoms with Crippen LogP contribution in [0.15, 0.2) is 29.8 Å². The molecule has 2 amide bonds. The van der Waals surface area contributed by atoms with E-state index in [-0.39, 0.29) is 60.4 Å². The third-order valence-electron chi connectivity index (χ3n) is 10.1. The minimum atomic E-state index is -0.554. The number of halogens is 1. The highest BCUT2D eigenvalue weighted by molar-refractivity contribution is 6.54. The Kier molecular flexibility index (Phi) is 19.4. The molecular weight excluding hydrogens is 899 g/mol. The van der Waals surface area contributed by atoms with E-state index in [1.807, 2.05) is 102 Å². The van der Waals surface area contributed by atoms with Gasteiger partial charge in [-0.3, -0.25) is 9.59 Å². The molecule has 0 saturated carbocycles. The van der Waals surface area contributed by atoms with E-state index in [9.17, 15) is 19.2 Å². The van der Waals surface area contributed by atoms with Crippen molar-refractivity contribution in [3.63, 3.8) is 0 Å². The average Bonchev–Trinajstić information content (AvgIpc) is 3.42. The van der Waals surface area contributed by atoms with Crippen LogP contribution in [-0.2, 0) is 50.7 Å². The second-order valence-electron chi connectivity index (χ2n) is 21.4. The predicted octanol–water partition coefficient (Wildman–Crippen LogP) is 8.60. The topological polar surface area (TPSA) is 200 Å². The van der Waals surface area contributed by atoms with Gasteiger partial charge in [0.15, 0.2) is 10.9 Å². The summed E-state index contributed by atoms with van der Waals surface area (Å²) >= 11 is 5.72. The molecular formula is C48H74BClN6O12. The van der Waals surface area contributed by atoms with E-state index < -0.39 is 22.4 Å². The van der Waals surface area contributed by atoms with E-state index in [1.54, 1.807) is 49.8 Å². The van der Waals surface area contributed by atoms with Crippen molar-refractivity contribution in [2.45, 2.75) is 170 Å². The highest BCUT2D eigenvalue weighted by atomic mass is 35.5. The first-order chi connectivity index (χ1) is 31.1. The van der Waals surface area contributed by atoms with E-state index in [4.69, 9.17) is 49.3 Å². The van der Waals surface area contributed by atoms with Crippen LogP contribution in [0.4, 0.5) is 9.59 Å². The summed E-state index contributed by atoms with van der Waals surface area (Å²) in [6.07, 6.45) is 4.76. The second kappa shape index (κ2) is 23.1. The maximum Gasteiger partial charge on any atom is 0.490 e. The van der Waals surface area contributed by atoms with Gasteiger partial charge in [0, 0.05) is 38.3 Å². The number of methoxy groups -OCH3 is 2. The predicted molar refractivity (Wildman–Crippen MR) is 258 cm³/mol. The molecule has 0 aromatic carbocycles. The van der Waals surface area contributed by atoms with E-state index in [0.29, 0.717) is 61.2 Å². The minimum Gasteiger partial charge on any atom is -0.494 e. The van der Waals surface area contributed by atoms with Gasteiger partial charge in [0.2, 0.25) is 0 Å². The zero-order chi connectivity index (χ0) is 51.6. The molecule has 5 heterocycles. The van der Waals surface area contributed by atoms with Gasteiger partial charge in [-0.2, -0.15) is 10.2 Å². The summed E-state index contributed by atoms with van der Waals surface area (Å²) in [4.78, 5) is 51.2. The molecule has 0 aliphatic carbocycles. The Morgan fingerprint density at radius 2 is 1.03 bits per heavy atom. The third-order valence-corrected chi connectivity index (χ3v) is 10.4. The van der Waals surface area contributed by atoms with Crippen molar-refractivity contribution in [3.8, 4) is 11.5 Å². The Morgan fingerprint density at radius 3 is 1.41 bits per heavy atom. The van der Waals surface area contributed by atoms with Gasteiger partial charge in [-0.05, 0) is 135 Å². The molecule has 0 radical (unpaired) electrons. The first-order valence-electron chi connectivity index (χ1n) is 22.7. The van der Waals surface area contributed by atoms with Gasteiger partial charge in [-0.1, -0.05) is 23.8 Å². The fraction of sp³-hybridized carbons (Fsp3) is 0.667. The van der Waals surface area contributed by atoms with Gasteiger partial charge in [0.05, 0.1) is 49.7 Å². The van der Waals surface area contributed by atoms with Crippen LogP contribution in [0.2, 0.25) is 5.15 Å². The van der Waals surface area contributed by atoms with Crippen LogP contribution >= 0.6 is 11.6 Å². The lowest BCUT2D eigenvalue weighted by Gasteiger charge is -2.32. The van der Waals surface area contributed by atoms with Crippen LogP contribution < -0.4 is 9.47 Å². The fourth-order valence-electron chi connectivity index (χ4n) is 6.32. The van der Waals surface area contributed by atoms with E-state index in [0.717, 1.165) is 17.5 Å². The molecule has 378 valence electrons. The largest absolute Gasteiger partial charge is 0.494 e. The van der Waals surface area contributed by atoms with Crippen LogP contribution in [0, 0.1) is 0 Å². The smallest absolute Gasteiger partial charge is 0.490 e. The molecule has 2 aromatic heterocycles. The second-order valence-corrected chi connectivity index (χ2v) is 21.8. The summed E-state index contributed by atoms with van der Waals surface area (Å²) in [6, 6.07) is 3.27. The van der Waals surface area contributed by atoms with Crippen molar-refractivity contribution in [1.82, 2.24) is 30.2 Å². The van der Waals surface area contributed by atoms with E-state index in [1.165, 1.54) is 7.11 Å². The van der Waals surface area contributed by atoms with Crippen molar-refractivity contribution in [3.05, 3.63) is 52.0 Å². The Hall–Kier alpha value is -5.01. The van der Waals surface area contributed by atoms with Crippen molar-refractivity contribution in [1.29, 1.82) is 0 Å². The van der Waals surface area contributed by atoms with Gasteiger partial charge >= 0.3 is 31.2 Å². The van der Waals surface area contributed by atoms with Gasteiger partial charge in [-0.25, -0.2) is 9.59 Å². The zero-order valence-corrected chi connectivity index (χ0v) is 44.3. The molecule has 20 heteroatoms. The Morgan fingerprint density at radius 1 is 0.618 bits per heavy atom. The van der Waals surface area contributed by atoms with E-state index >= 15 is 0 Å².